The highest BCUT2D eigenvalue weighted by Crippen LogP contribution is 2.36. The van der Waals surface area contributed by atoms with Crippen LogP contribution in [0.5, 0.6) is 5.75 Å². The Bertz CT molecular complexity index is 718. The molecule has 0 aliphatic heterocycles. The first kappa shape index (κ1) is 17.9. The third kappa shape index (κ3) is 4.79. The van der Waals surface area contributed by atoms with Crippen molar-refractivity contribution in [3.8, 4) is 5.75 Å². The van der Waals surface area contributed by atoms with Gasteiger partial charge in [0.15, 0.2) is 0 Å². The van der Waals surface area contributed by atoms with Crippen LogP contribution in [0.2, 0.25) is 5.02 Å². The summed E-state index contributed by atoms with van der Waals surface area (Å²) < 4.78 is 44.2. The van der Waals surface area contributed by atoms with Gasteiger partial charge in [0.1, 0.15) is 5.75 Å². The molecule has 0 unspecified atom stereocenters. The zero-order chi connectivity index (χ0) is 17.7. The number of urea groups is 1. The van der Waals surface area contributed by atoms with E-state index in [1.807, 2.05) is 6.92 Å². The van der Waals surface area contributed by atoms with Gasteiger partial charge in [0.25, 0.3) is 0 Å². The molecule has 2 aromatic rings. The van der Waals surface area contributed by atoms with Crippen LogP contribution in [0.3, 0.4) is 0 Å². The lowest BCUT2D eigenvalue weighted by atomic mass is 10.1. The molecule has 0 saturated carbocycles. The average Bonchev–Trinajstić information content (AvgIpc) is 2.50. The second kappa shape index (κ2) is 7.44. The molecule has 128 valence electrons. The number of hydrogen-bond acceptors (Lipinski definition) is 2. The monoisotopic (exact) mass is 358 g/mol. The largest absolute Gasteiger partial charge is 0.494 e. The first-order valence-electron chi connectivity index (χ1n) is 6.97. The number of ether oxygens (including phenoxy) is 1. The molecule has 0 radical (unpaired) electrons. The first-order chi connectivity index (χ1) is 11.3. The summed E-state index contributed by atoms with van der Waals surface area (Å²) in [6.07, 6.45) is -4.63. The minimum Gasteiger partial charge on any atom is -0.494 e. The Morgan fingerprint density at radius 3 is 2.38 bits per heavy atom. The van der Waals surface area contributed by atoms with Gasteiger partial charge in [0.2, 0.25) is 0 Å². The van der Waals surface area contributed by atoms with E-state index in [1.54, 1.807) is 24.3 Å². The van der Waals surface area contributed by atoms with Crippen LogP contribution in [0, 0.1) is 0 Å². The van der Waals surface area contributed by atoms with Crippen molar-refractivity contribution < 1.29 is 22.7 Å². The molecule has 0 aliphatic carbocycles. The van der Waals surface area contributed by atoms with E-state index in [2.05, 4.69) is 10.6 Å². The molecule has 0 fully saturated rings. The second-order valence-electron chi connectivity index (χ2n) is 4.72. The summed E-state index contributed by atoms with van der Waals surface area (Å²) in [7, 11) is 0. The molecule has 0 heterocycles. The topological polar surface area (TPSA) is 50.4 Å². The van der Waals surface area contributed by atoms with E-state index in [1.165, 1.54) is 6.07 Å². The van der Waals surface area contributed by atoms with Gasteiger partial charge in [-0.2, -0.15) is 13.2 Å². The number of alkyl halides is 3. The van der Waals surface area contributed by atoms with Gasteiger partial charge in [-0.1, -0.05) is 11.6 Å². The molecule has 4 nitrogen and oxygen atoms in total. The molecule has 2 aromatic carbocycles. The van der Waals surface area contributed by atoms with Gasteiger partial charge in [0, 0.05) is 10.7 Å². The Labute approximate surface area is 141 Å². The number of rotatable bonds is 4. The van der Waals surface area contributed by atoms with Gasteiger partial charge < -0.3 is 15.4 Å². The van der Waals surface area contributed by atoms with E-state index in [9.17, 15) is 18.0 Å². The molecule has 2 N–H and O–H groups in total. The lowest BCUT2D eigenvalue weighted by Crippen LogP contribution is -2.21. The maximum atomic E-state index is 13.0. The number of carbonyl (C=O) groups excluding carboxylic acids is 1. The minimum absolute atomic E-state index is 0.0696. The van der Waals surface area contributed by atoms with E-state index in [4.69, 9.17) is 16.3 Å². The van der Waals surface area contributed by atoms with E-state index < -0.39 is 17.8 Å². The van der Waals surface area contributed by atoms with Gasteiger partial charge in [0.05, 0.1) is 17.9 Å². The number of nitrogens with one attached hydrogen (secondary N) is 2. The Kier molecular flexibility index (Phi) is 5.56. The van der Waals surface area contributed by atoms with Gasteiger partial charge in [-0.3, -0.25) is 0 Å². The quantitative estimate of drug-likeness (QED) is 0.768. The van der Waals surface area contributed by atoms with Crippen LogP contribution in [-0.4, -0.2) is 12.6 Å². The van der Waals surface area contributed by atoms with Crippen molar-refractivity contribution in [1.29, 1.82) is 0 Å². The van der Waals surface area contributed by atoms with Crippen LogP contribution in [-0.2, 0) is 6.18 Å². The highest BCUT2D eigenvalue weighted by atomic mass is 35.5. The zero-order valence-corrected chi connectivity index (χ0v) is 13.3. The number of carbonyl (C=O) groups is 1. The van der Waals surface area contributed by atoms with Crippen LogP contribution in [0.1, 0.15) is 12.5 Å². The summed E-state index contributed by atoms with van der Waals surface area (Å²) in [6, 6.07) is 8.77. The fourth-order valence-electron chi connectivity index (χ4n) is 1.95. The standard InChI is InChI=1S/C16H14ClF3N2O2/c1-2-24-12-6-4-11(5-7-12)21-15(23)22-14-8-3-10(17)9-13(14)16(18,19)20/h3-9H,2H2,1H3,(H2,21,22,23). The zero-order valence-electron chi connectivity index (χ0n) is 12.6. The molecule has 0 spiro atoms. The molecule has 0 atom stereocenters. The predicted molar refractivity (Wildman–Crippen MR) is 86.7 cm³/mol. The average molecular weight is 359 g/mol. The van der Waals surface area contributed by atoms with Gasteiger partial charge in [-0.05, 0) is 49.4 Å². The summed E-state index contributed by atoms with van der Waals surface area (Å²) in [5.41, 5.74) is -0.981. The third-order valence-electron chi connectivity index (χ3n) is 2.96. The van der Waals surface area contributed by atoms with Gasteiger partial charge in [-0.15, -0.1) is 0 Å². The lowest BCUT2D eigenvalue weighted by molar-refractivity contribution is -0.136. The fraction of sp³-hybridized carbons (Fsp3) is 0.188. The van der Waals surface area contributed by atoms with Crippen LogP contribution in [0.15, 0.2) is 42.5 Å². The van der Waals surface area contributed by atoms with Crippen LogP contribution in [0.4, 0.5) is 29.3 Å². The van der Waals surface area contributed by atoms with Crippen molar-refractivity contribution in [2.24, 2.45) is 0 Å². The Hall–Kier alpha value is -2.41. The maximum absolute atomic E-state index is 13.0. The van der Waals surface area contributed by atoms with Crippen molar-refractivity contribution in [1.82, 2.24) is 0 Å². The molecule has 0 aromatic heterocycles. The summed E-state index contributed by atoms with van der Waals surface area (Å²) >= 11 is 5.59. The summed E-state index contributed by atoms with van der Waals surface area (Å²) in [5, 5.41) is 4.55. The Morgan fingerprint density at radius 2 is 1.79 bits per heavy atom. The van der Waals surface area contributed by atoms with Crippen molar-refractivity contribution in [3.63, 3.8) is 0 Å². The molecular formula is C16H14ClF3N2O2. The second-order valence-corrected chi connectivity index (χ2v) is 5.16. The normalized spacial score (nSPS) is 11.0. The van der Waals surface area contributed by atoms with Crippen molar-refractivity contribution >= 4 is 29.0 Å². The number of hydrogen-bond donors (Lipinski definition) is 2. The number of halogens is 4. The van der Waals surface area contributed by atoms with Crippen LogP contribution in [0.25, 0.3) is 0 Å². The Morgan fingerprint density at radius 1 is 1.12 bits per heavy atom. The highest BCUT2D eigenvalue weighted by Gasteiger charge is 2.34. The molecule has 0 saturated heterocycles. The van der Waals surface area contributed by atoms with Crippen molar-refractivity contribution in [2.75, 3.05) is 17.2 Å². The lowest BCUT2D eigenvalue weighted by Gasteiger charge is -2.14. The molecule has 0 aliphatic rings. The molecule has 24 heavy (non-hydrogen) atoms. The fourth-order valence-corrected chi connectivity index (χ4v) is 2.12. The van der Waals surface area contributed by atoms with Crippen molar-refractivity contribution in [3.05, 3.63) is 53.1 Å². The number of benzene rings is 2. The minimum atomic E-state index is -4.63. The molecular weight excluding hydrogens is 345 g/mol. The van der Waals surface area contributed by atoms with Crippen molar-refractivity contribution in [2.45, 2.75) is 13.1 Å². The van der Waals surface area contributed by atoms with Crippen LogP contribution < -0.4 is 15.4 Å². The van der Waals surface area contributed by atoms with E-state index >= 15 is 0 Å². The molecule has 0 bridgehead atoms. The van der Waals surface area contributed by atoms with Gasteiger partial charge in [-0.25, -0.2) is 4.79 Å². The molecule has 2 amide bonds. The smallest absolute Gasteiger partial charge is 0.418 e. The first-order valence-corrected chi connectivity index (χ1v) is 7.35. The Balaban J connectivity index is 2.10. The van der Waals surface area contributed by atoms with Gasteiger partial charge >= 0.3 is 12.2 Å². The summed E-state index contributed by atoms with van der Waals surface area (Å²) in [5.74, 6) is 0.625. The van der Waals surface area contributed by atoms with E-state index in [0.717, 1.165) is 12.1 Å². The molecule has 8 heteroatoms. The summed E-state index contributed by atoms with van der Waals surface area (Å²) in [6.45, 7) is 2.34. The number of anilines is 2. The SMILES string of the molecule is CCOc1ccc(NC(=O)Nc2ccc(Cl)cc2C(F)(F)F)cc1. The highest BCUT2D eigenvalue weighted by molar-refractivity contribution is 6.30. The van der Waals surface area contributed by atoms with E-state index in [0.29, 0.717) is 18.0 Å². The van der Waals surface area contributed by atoms with Crippen LogP contribution >= 0.6 is 11.6 Å². The van der Waals surface area contributed by atoms with E-state index in [-0.39, 0.29) is 10.7 Å². The predicted octanol–water partition coefficient (Wildman–Crippen LogP) is 5.40. The third-order valence-corrected chi connectivity index (χ3v) is 3.19. The molecule has 2 rings (SSSR count). The summed E-state index contributed by atoms with van der Waals surface area (Å²) in [4.78, 5) is 11.9. The maximum Gasteiger partial charge on any atom is 0.418 e. The number of amides is 2.